The fourth-order valence-corrected chi connectivity index (χ4v) is 2.46. The van der Waals surface area contributed by atoms with E-state index in [1.165, 1.54) is 16.7 Å². The molecule has 0 atom stereocenters. The Kier molecular flexibility index (Phi) is 3.40. The minimum atomic E-state index is 0.408. The van der Waals surface area contributed by atoms with Crippen LogP contribution >= 0.6 is 0 Å². The number of rotatable bonds is 4. The Morgan fingerprint density at radius 1 is 0.889 bits per heavy atom. The van der Waals surface area contributed by atoms with Gasteiger partial charge in [-0.2, -0.15) is 5.48 Å². The third-order valence-corrected chi connectivity index (χ3v) is 3.38. The Labute approximate surface area is 108 Å². The van der Waals surface area contributed by atoms with E-state index in [-0.39, 0.29) is 0 Å². The van der Waals surface area contributed by atoms with Crippen LogP contribution in [-0.2, 0) is 24.3 Å². The Bertz CT molecular complexity index is 485. The second-order valence-electron chi connectivity index (χ2n) is 4.77. The summed E-state index contributed by atoms with van der Waals surface area (Å²) in [6.45, 7) is 0.619. The molecule has 2 aromatic carbocycles. The molecule has 1 aliphatic carbocycles. The van der Waals surface area contributed by atoms with Gasteiger partial charge in [0.25, 0.3) is 0 Å². The Morgan fingerprint density at radius 2 is 1.50 bits per heavy atom. The quantitative estimate of drug-likeness (QED) is 0.828. The standard InChI is InChI=1S/C16H17NO/c1-2-6-13(7-3-1)12-18-17-16-10-14-8-4-5-9-15(14)11-16/h1-9,16-17H,10-12H2. The zero-order chi connectivity index (χ0) is 12.2. The summed E-state index contributed by atoms with van der Waals surface area (Å²) >= 11 is 0. The third kappa shape index (κ3) is 2.61. The van der Waals surface area contributed by atoms with E-state index in [1.807, 2.05) is 18.2 Å². The van der Waals surface area contributed by atoms with E-state index in [2.05, 4.69) is 41.9 Å². The van der Waals surface area contributed by atoms with Gasteiger partial charge in [-0.15, -0.1) is 0 Å². The van der Waals surface area contributed by atoms with Gasteiger partial charge in [-0.05, 0) is 29.5 Å². The summed E-state index contributed by atoms with van der Waals surface area (Å²) in [5, 5.41) is 0. The molecule has 0 bridgehead atoms. The monoisotopic (exact) mass is 239 g/mol. The van der Waals surface area contributed by atoms with Crippen molar-refractivity contribution in [3.8, 4) is 0 Å². The van der Waals surface area contributed by atoms with E-state index in [0.29, 0.717) is 12.6 Å². The van der Waals surface area contributed by atoms with Crippen molar-refractivity contribution in [3.05, 3.63) is 71.3 Å². The van der Waals surface area contributed by atoms with Crippen LogP contribution in [0.5, 0.6) is 0 Å². The molecule has 0 radical (unpaired) electrons. The first-order chi connectivity index (χ1) is 8.92. The maximum atomic E-state index is 5.58. The van der Waals surface area contributed by atoms with Gasteiger partial charge in [-0.3, -0.25) is 4.84 Å². The van der Waals surface area contributed by atoms with Crippen LogP contribution in [0.15, 0.2) is 54.6 Å². The normalized spacial score (nSPS) is 14.7. The first kappa shape index (κ1) is 11.5. The minimum absolute atomic E-state index is 0.408. The lowest BCUT2D eigenvalue weighted by molar-refractivity contribution is 0.00581. The Hall–Kier alpha value is -1.64. The van der Waals surface area contributed by atoms with Gasteiger partial charge in [0.15, 0.2) is 0 Å². The maximum Gasteiger partial charge on any atom is 0.0933 e. The fourth-order valence-electron chi connectivity index (χ4n) is 2.46. The van der Waals surface area contributed by atoms with Gasteiger partial charge >= 0.3 is 0 Å². The Balaban J connectivity index is 1.49. The molecule has 0 saturated heterocycles. The van der Waals surface area contributed by atoms with E-state index >= 15 is 0 Å². The molecule has 2 aromatic rings. The number of fused-ring (bicyclic) bond motifs is 1. The highest BCUT2D eigenvalue weighted by atomic mass is 16.6. The lowest BCUT2D eigenvalue weighted by Crippen LogP contribution is -2.29. The van der Waals surface area contributed by atoms with Gasteiger partial charge < -0.3 is 0 Å². The predicted octanol–water partition coefficient (Wildman–Crippen LogP) is 2.88. The zero-order valence-electron chi connectivity index (χ0n) is 10.3. The molecule has 0 aromatic heterocycles. The number of hydrogen-bond donors (Lipinski definition) is 1. The minimum Gasteiger partial charge on any atom is -0.297 e. The number of hydroxylamine groups is 1. The highest BCUT2D eigenvalue weighted by Crippen LogP contribution is 2.21. The molecule has 0 aliphatic heterocycles. The van der Waals surface area contributed by atoms with Gasteiger partial charge in [0.2, 0.25) is 0 Å². The Morgan fingerprint density at radius 3 is 2.17 bits per heavy atom. The molecule has 1 N–H and O–H groups in total. The first-order valence-corrected chi connectivity index (χ1v) is 6.40. The molecule has 18 heavy (non-hydrogen) atoms. The van der Waals surface area contributed by atoms with E-state index in [0.717, 1.165) is 12.8 Å². The molecule has 2 nitrogen and oxygen atoms in total. The molecular weight excluding hydrogens is 222 g/mol. The second-order valence-corrected chi connectivity index (χ2v) is 4.77. The lowest BCUT2D eigenvalue weighted by atomic mass is 10.1. The van der Waals surface area contributed by atoms with Gasteiger partial charge in [0, 0.05) is 6.04 Å². The van der Waals surface area contributed by atoms with Crippen LogP contribution in [0, 0.1) is 0 Å². The first-order valence-electron chi connectivity index (χ1n) is 6.40. The van der Waals surface area contributed by atoms with Crippen LogP contribution in [-0.4, -0.2) is 6.04 Å². The molecule has 0 spiro atoms. The summed E-state index contributed by atoms with van der Waals surface area (Å²) in [4.78, 5) is 5.58. The zero-order valence-corrected chi connectivity index (χ0v) is 10.3. The van der Waals surface area contributed by atoms with Crippen LogP contribution in [0.1, 0.15) is 16.7 Å². The highest BCUT2D eigenvalue weighted by molar-refractivity contribution is 5.33. The predicted molar refractivity (Wildman–Crippen MR) is 72.0 cm³/mol. The SMILES string of the molecule is c1ccc(CONC2Cc3ccccc3C2)cc1. The van der Waals surface area contributed by atoms with Crippen LogP contribution in [0.25, 0.3) is 0 Å². The summed E-state index contributed by atoms with van der Waals surface area (Å²) in [5.41, 5.74) is 7.26. The number of nitrogens with one attached hydrogen (secondary N) is 1. The molecule has 0 fully saturated rings. The van der Waals surface area contributed by atoms with Crippen LogP contribution in [0.3, 0.4) is 0 Å². The molecule has 0 unspecified atom stereocenters. The number of benzene rings is 2. The van der Waals surface area contributed by atoms with E-state index in [9.17, 15) is 0 Å². The fraction of sp³-hybridized carbons (Fsp3) is 0.250. The molecule has 2 heteroatoms. The van der Waals surface area contributed by atoms with Crippen molar-refractivity contribution >= 4 is 0 Å². The third-order valence-electron chi connectivity index (χ3n) is 3.38. The van der Waals surface area contributed by atoms with Crippen molar-refractivity contribution in [1.82, 2.24) is 5.48 Å². The van der Waals surface area contributed by atoms with Crippen molar-refractivity contribution in [3.63, 3.8) is 0 Å². The van der Waals surface area contributed by atoms with E-state index in [1.54, 1.807) is 0 Å². The van der Waals surface area contributed by atoms with Crippen LogP contribution in [0.4, 0.5) is 0 Å². The maximum absolute atomic E-state index is 5.58. The van der Waals surface area contributed by atoms with Crippen LogP contribution < -0.4 is 5.48 Å². The van der Waals surface area contributed by atoms with Crippen molar-refractivity contribution < 1.29 is 4.84 Å². The smallest absolute Gasteiger partial charge is 0.0933 e. The van der Waals surface area contributed by atoms with Gasteiger partial charge in [0.1, 0.15) is 0 Å². The van der Waals surface area contributed by atoms with Crippen LogP contribution in [0.2, 0.25) is 0 Å². The summed E-state index contributed by atoms with van der Waals surface area (Å²) < 4.78 is 0. The van der Waals surface area contributed by atoms with Crippen molar-refractivity contribution in [1.29, 1.82) is 0 Å². The average Bonchev–Trinajstić information content (AvgIpc) is 2.82. The lowest BCUT2D eigenvalue weighted by Gasteiger charge is -2.11. The summed E-state index contributed by atoms with van der Waals surface area (Å²) in [5.74, 6) is 0. The van der Waals surface area contributed by atoms with Crippen molar-refractivity contribution in [2.75, 3.05) is 0 Å². The second kappa shape index (κ2) is 5.34. The van der Waals surface area contributed by atoms with E-state index in [4.69, 9.17) is 4.84 Å². The molecule has 1 aliphatic rings. The van der Waals surface area contributed by atoms with Crippen molar-refractivity contribution in [2.45, 2.75) is 25.5 Å². The summed E-state index contributed by atoms with van der Waals surface area (Å²) in [6, 6.07) is 19.3. The highest BCUT2D eigenvalue weighted by Gasteiger charge is 2.20. The molecule has 0 saturated carbocycles. The number of hydrogen-bond acceptors (Lipinski definition) is 2. The molecule has 3 rings (SSSR count). The summed E-state index contributed by atoms with van der Waals surface area (Å²) in [6.07, 6.45) is 2.12. The van der Waals surface area contributed by atoms with Gasteiger partial charge in [-0.1, -0.05) is 54.6 Å². The molecule has 0 heterocycles. The topological polar surface area (TPSA) is 21.3 Å². The largest absolute Gasteiger partial charge is 0.297 e. The molecule has 0 amide bonds. The van der Waals surface area contributed by atoms with Crippen molar-refractivity contribution in [2.24, 2.45) is 0 Å². The van der Waals surface area contributed by atoms with E-state index < -0.39 is 0 Å². The molecular formula is C16H17NO. The average molecular weight is 239 g/mol. The van der Waals surface area contributed by atoms with Gasteiger partial charge in [0.05, 0.1) is 6.61 Å². The van der Waals surface area contributed by atoms with Gasteiger partial charge in [-0.25, -0.2) is 0 Å². The summed E-state index contributed by atoms with van der Waals surface area (Å²) in [7, 11) is 0. The molecule has 92 valence electrons.